The Labute approximate surface area is 171 Å². The molecule has 0 bridgehead atoms. The number of aromatic amines is 2. The van der Waals surface area contributed by atoms with Gasteiger partial charge in [-0.25, -0.2) is 4.98 Å². The second-order valence-corrected chi connectivity index (χ2v) is 7.03. The molecule has 3 aromatic carbocycles. The molecule has 6 heteroatoms. The van der Waals surface area contributed by atoms with Crippen molar-refractivity contribution in [3.8, 4) is 0 Å². The number of nitrogens with zero attached hydrogens (tertiary/aromatic N) is 1. The molecule has 0 saturated heterocycles. The zero-order chi connectivity index (χ0) is 20.5. The van der Waals surface area contributed by atoms with Crippen LogP contribution in [0.4, 0.5) is 0 Å². The molecule has 0 radical (unpaired) electrons. The number of imidazole rings is 1. The number of aromatic nitrogens is 3. The molecule has 2 heterocycles. The highest BCUT2D eigenvalue weighted by Gasteiger charge is 2.22. The normalized spacial score (nSPS) is 12.1. The van der Waals surface area contributed by atoms with Gasteiger partial charge in [0.1, 0.15) is 11.9 Å². The Morgan fingerprint density at radius 2 is 1.57 bits per heavy atom. The smallest absolute Gasteiger partial charge is 0.255 e. The fraction of sp³-hybridized carbons (Fsp3) is 0.0417. The topological polar surface area (TPSA) is 90.6 Å². The highest BCUT2D eigenvalue weighted by molar-refractivity contribution is 6.06. The quantitative estimate of drug-likeness (QED) is 0.431. The first-order valence-corrected chi connectivity index (χ1v) is 9.61. The van der Waals surface area contributed by atoms with Crippen LogP contribution >= 0.6 is 0 Å². The number of fused-ring (bicyclic) bond motifs is 2. The summed E-state index contributed by atoms with van der Waals surface area (Å²) in [5.74, 6) is 0.348. The van der Waals surface area contributed by atoms with Crippen LogP contribution in [0.2, 0.25) is 0 Å². The van der Waals surface area contributed by atoms with Gasteiger partial charge in [0.25, 0.3) is 11.5 Å². The number of hydrogen-bond acceptors (Lipinski definition) is 3. The third-order valence-electron chi connectivity index (χ3n) is 5.14. The molecule has 0 spiro atoms. The number of H-pyrrole nitrogens is 2. The minimum Gasteiger partial charge on any atom is -0.340 e. The molecular formula is C24H18N4O2. The van der Waals surface area contributed by atoms with Crippen molar-refractivity contribution in [2.24, 2.45) is 0 Å². The van der Waals surface area contributed by atoms with Crippen molar-refractivity contribution in [2.75, 3.05) is 0 Å². The molecule has 30 heavy (non-hydrogen) atoms. The summed E-state index contributed by atoms with van der Waals surface area (Å²) in [4.78, 5) is 36.0. The van der Waals surface area contributed by atoms with Gasteiger partial charge in [-0.05, 0) is 23.8 Å². The van der Waals surface area contributed by atoms with E-state index in [1.54, 1.807) is 18.2 Å². The summed E-state index contributed by atoms with van der Waals surface area (Å²) in [6.45, 7) is 0. The molecule has 2 aromatic heterocycles. The maximum atomic E-state index is 13.3. The van der Waals surface area contributed by atoms with Crippen molar-refractivity contribution < 1.29 is 4.79 Å². The second kappa shape index (κ2) is 7.33. The van der Waals surface area contributed by atoms with Gasteiger partial charge in [-0.15, -0.1) is 0 Å². The highest BCUT2D eigenvalue weighted by atomic mass is 16.2. The van der Waals surface area contributed by atoms with Crippen molar-refractivity contribution in [3.05, 3.63) is 112 Å². The van der Waals surface area contributed by atoms with Crippen LogP contribution in [0.3, 0.4) is 0 Å². The number of nitrogens with one attached hydrogen (secondary N) is 3. The van der Waals surface area contributed by atoms with E-state index in [2.05, 4.69) is 20.3 Å². The Morgan fingerprint density at radius 3 is 2.37 bits per heavy atom. The van der Waals surface area contributed by atoms with Crippen LogP contribution in [-0.4, -0.2) is 20.9 Å². The van der Waals surface area contributed by atoms with Gasteiger partial charge in [0.2, 0.25) is 0 Å². The van der Waals surface area contributed by atoms with E-state index in [1.165, 1.54) is 6.20 Å². The van der Waals surface area contributed by atoms with Gasteiger partial charge in [0, 0.05) is 17.0 Å². The number of carbonyl (C=O) groups is 1. The minimum atomic E-state index is -0.475. The SMILES string of the molecule is O=C(NC(c1ccccc1)c1nc2ccccc2[nH]1)c1c[nH]c(=O)c2ccccc12. The van der Waals surface area contributed by atoms with Crippen LogP contribution in [0.5, 0.6) is 0 Å². The summed E-state index contributed by atoms with van der Waals surface area (Å²) in [7, 11) is 0. The van der Waals surface area contributed by atoms with Crippen LogP contribution in [0, 0.1) is 0 Å². The molecule has 5 rings (SSSR count). The summed E-state index contributed by atoms with van der Waals surface area (Å²) in [6.07, 6.45) is 1.46. The molecule has 0 aliphatic carbocycles. The van der Waals surface area contributed by atoms with Gasteiger partial charge in [0.15, 0.2) is 0 Å². The van der Waals surface area contributed by atoms with Crippen LogP contribution in [0.15, 0.2) is 89.9 Å². The number of benzene rings is 3. The number of para-hydroxylation sites is 2. The largest absolute Gasteiger partial charge is 0.340 e. The monoisotopic (exact) mass is 394 g/mol. The maximum Gasteiger partial charge on any atom is 0.255 e. The lowest BCUT2D eigenvalue weighted by Crippen LogP contribution is -2.30. The fourth-order valence-electron chi connectivity index (χ4n) is 3.67. The predicted octanol–water partition coefficient (Wildman–Crippen LogP) is 3.92. The van der Waals surface area contributed by atoms with E-state index in [0.29, 0.717) is 22.2 Å². The van der Waals surface area contributed by atoms with Crippen molar-refractivity contribution in [1.82, 2.24) is 20.3 Å². The zero-order valence-corrected chi connectivity index (χ0v) is 15.9. The van der Waals surface area contributed by atoms with E-state index in [4.69, 9.17) is 0 Å². The van der Waals surface area contributed by atoms with Gasteiger partial charge in [-0.1, -0.05) is 60.7 Å². The van der Waals surface area contributed by atoms with Gasteiger partial charge >= 0.3 is 0 Å². The first-order valence-electron chi connectivity index (χ1n) is 9.61. The van der Waals surface area contributed by atoms with Crippen LogP contribution in [0.25, 0.3) is 21.8 Å². The first kappa shape index (κ1) is 17.9. The summed E-state index contributed by atoms with van der Waals surface area (Å²) >= 11 is 0. The van der Waals surface area contributed by atoms with Crippen LogP contribution < -0.4 is 10.9 Å². The molecule has 1 unspecified atom stereocenters. The van der Waals surface area contributed by atoms with Gasteiger partial charge in [0.05, 0.1) is 16.6 Å². The third-order valence-corrected chi connectivity index (χ3v) is 5.14. The first-order chi connectivity index (χ1) is 14.7. The number of rotatable bonds is 4. The molecule has 1 atom stereocenters. The van der Waals surface area contributed by atoms with E-state index in [1.807, 2.05) is 60.7 Å². The second-order valence-electron chi connectivity index (χ2n) is 7.03. The number of hydrogen-bond donors (Lipinski definition) is 3. The van der Waals surface area contributed by atoms with E-state index in [-0.39, 0.29) is 11.5 Å². The molecule has 1 amide bonds. The lowest BCUT2D eigenvalue weighted by molar-refractivity contribution is 0.0943. The molecule has 0 saturated carbocycles. The maximum absolute atomic E-state index is 13.3. The molecule has 3 N–H and O–H groups in total. The number of amides is 1. The minimum absolute atomic E-state index is 0.223. The molecule has 0 aliphatic heterocycles. The molecular weight excluding hydrogens is 376 g/mol. The molecule has 5 aromatic rings. The predicted molar refractivity (Wildman–Crippen MR) is 116 cm³/mol. The number of carbonyl (C=O) groups excluding carboxylic acids is 1. The third kappa shape index (κ3) is 3.14. The molecule has 0 fully saturated rings. The summed E-state index contributed by atoms with van der Waals surface area (Å²) < 4.78 is 0. The van der Waals surface area contributed by atoms with Crippen LogP contribution in [0.1, 0.15) is 27.8 Å². The zero-order valence-electron chi connectivity index (χ0n) is 15.9. The lowest BCUT2D eigenvalue weighted by atomic mass is 10.0. The Hall–Kier alpha value is -4.19. The number of pyridine rings is 1. The van der Waals surface area contributed by atoms with Gasteiger partial charge < -0.3 is 15.3 Å². The Morgan fingerprint density at radius 1 is 0.867 bits per heavy atom. The van der Waals surface area contributed by atoms with E-state index >= 15 is 0 Å². The van der Waals surface area contributed by atoms with E-state index < -0.39 is 6.04 Å². The summed E-state index contributed by atoms with van der Waals surface area (Å²) in [5.41, 5.74) is 2.81. The average molecular weight is 394 g/mol. The standard InChI is InChI=1S/C24H18N4O2/c29-23-17-11-5-4-10-16(17)18(14-25-23)24(30)28-21(15-8-2-1-3-9-15)22-26-19-12-6-7-13-20(19)27-22/h1-14,21H,(H,25,29)(H,26,27)(H,28,30). The molecule has 146 valence electrons. The lowest BCUT2D eigenvalue weighted by Gasteiger charge is -2.18. The average Bonchev–Trinajstić information content (AvgIpc) is 3.22. The van der Waals surface area contributed by atoms with Crippen molar-refractivity contribution in [2.45, 2.75) is 6.04 Å². The van der Waals surface area contributed by atoms with Gasteiger partial charge in [-0.3, -0.25) is 9.59 Å². The Bertz CT molecular complexity index is 1390. The van der Waals surface area contributed by atoms with E-state index in [0.717, 1.165) is 16.6 Å². The Kier molecular flexibility index (Phi) is 4.37. The van der Waals surface area contributed by atoms with E-state index in [9.17, 15) is 9.59 Å². The van der Waals surface area contributed by atoms with Gasteiger partial charge in [-0.2, -0.15) is 0 Å². The molecule has 0 aliphatic rings. The Balaban J connectivity index is 1.59. The summed E-state index contributed by atoms with van der Waals surface area (Å²) in [5, 5.41) is 4.17. The van der Waals surface area contributed by atoms with Crippen molar-refractivity contribution in [1.29, 1.82) is 0 Å². The van der Waals surface area contributed by atoms with Crippen molar-refractivity contribution >= 4 is 27.7 Å². The summed E-state index contributed by atoms with van der Waals surface area (Å²) in [6, 6.07) is 24.0. The fourth-order valence-corrected chi connectivity index (χ4v) is 3.67. The van der Waals surface area contributed by atoms with Crippen molar-refractivity contribution in [3.63, 3.8) is 0 Å². The van der Waals surface area contributed by atoms with Crippen LogP contribution in [-0.2, 0) is 0 Å². The highest BCUT2D eigenvalue weighted by Crippen LogP contribution is 2.24. The molecule has 6 nitrogen and oxygen atoms in total.